The van der Waals surface area contributed by atoms with E-state index in [1.54, 1.807) is 24.3 Å². The van der Waals surface area contributed by atoms with E-state index in [-0.39, 0.29) is 0 Å². The molecule has 0 fully saturated rings. The minimum Gasteiger partial charge on any atom is -0.326 e. The van der Waals surface area contributed by atoms with Gasteiger partial charge < -0.3 is 5.73 Å². The quantitative estimate of drug-likeness (QED) is 0.866. The van der Waals surface area contributed by atoms with Crippen LogP contribution in [-0.4, -0.2) is 12.0 Å². The molecule has 3 rings (SSSR count). The zero-order valence-corrected chi connectivity index (χ0v) is 12.1. The second-order valence-corrected chi connectivity index (χ2v) is 5.10. The number of anilines is 1. The topological polar surface area (TPSA) is 41.4 Å². The van der Waals surface area contributed by atoms with Crippen LogP contribution in [0.3, 0.4) is 0 Å². The van der Waals surface area contributed by atoms with Gasteiger partial charge in [0.05, 0.1) is 5.69 Å². The summed E-state index contributed by atoms with van der Waals surface area (Å²) >= 11 is 0. The van der Waals surface area contributed by atoms with Crippen molar-refractivity contribution in [2.45, 2.75) is 12.7 Å². The van der Waals surface area contributed by atoms with Crippen molar-refractivity contribution < 1.29 is 13.2 Å². The van der Waals surface area contributed by atoms with Gasteiger partial charge >= 0.3 is 6.18 Å². The standard InChI is InChI=1S/C17H14F3N3/c18-17(19,20)16-22-23(16)15-9-7-13(8-10-15)2-1-12-3-5-14(11-21)6-4-12/h1-10H,11,21H2. The van der Waals surface area contributed by atoms with Crippen molar-refractivity contribution >= 4 is 23.7 Å². The first-order valence-corrected chi connectivity index (χ1v) is 7.00. The highest BCUT2D eigenvalue weighted by molar-refractivity contribution is 6.11. The molecular weight excluding hydrogens is 303 g/mol. The van der Waals surface area contributed by atoms with Crippen LogP contribution in [0, 0.1) is 0 Å². The van der Waals surface area contributed by atoms with Crippen LogP contribution in [0.25, 0.3) is 12.2 Å². The maximum atomic E-state index is 12.4. The maximum absolute atomic E-state index is 12.4. The molecule has 0 saturated heterocycles. The van der Waals surface area contributed by atoms with Gasteiger partial charge in [0, 0.05) is 6.54 Å². The first kappa shape index (κ1) is 15.3. The summed E-state index contributed by atoms with van der Waals surface area (Å²) in [7, 11) is 0. The summed E-state index contributed by atoms with van der Waals surface area (Å²) in [5.41, 5.74) is 8.93. The number of halogens is 3. The molecule has 0 unspecified atom stereocenters. The average Bonchev–Trinajstić information content (AvgIpc) is 3.35. The zero-order chi connectivity index (χ0) is 16.4. The van der Waals surface area contributed by atoms with Crippen LogP contribution >= 0.6 is 0 Å². The van der Waals surface area contributed by atoms with Gasteiger partial charge in [0.25, 0.3) is 5.84 Å². The van der Waals surface area contributed by atoms with Gasteiger partial charge in [-0.2, -0.15) is 13.2 Å². The fraction of sp³-hybridized carbons (Fsp3) is 0.118. The Kier molecular flexibility index (Phi) is 3.92. The summed E-state index contributed by atoms with van der Waals surface area (Å²) in [6, 6.07) is 14.6. The fourth-order valence-electron chi connectivity index (χ4n) is 2.11. The van der Waals surface area contributed by atoms with E-state index in [2.05, 4.69) is 5.10 Å². The van der Waals surface area contributed by atoms with Crippen molar-refractivity contribution in [3.8, 4) is 0 Å². The van der Waals surface area contributed by atoms with Gasteiger partial charge in [-0.05, 0) is 28.8 Å². The molecule has 0 bridgehead atoms. The lowest BCUT2D eigenvalue weighted by atomic mass is 10.1. The van der Waals surface area contributed by atoms with Crippen LogP contribution in [0.1, 0.15) is 16.7 Å². The summed E-state index contributed by atoms with van der Waals surface area (Å²) in [5.74, 6) is -0.860. The molecule has 118 valence electrons. The van der Waals surface area contributed by atoms with Crippen molar-refractivity contribution in [2.75, 3.05) is 5.01 Å². The molecular formula is C17H14F3N3. The second kappa shape index (κ2) is 5.89. The summed E-state index contributed by atoms with van der Waals surface area (Å²) < 4.78 is 37.3. The van der Waals surface area contributed by atoms with Gasteiger partial charge in [0.15, 0.2) is 0 Å². The predicted octanol–water partition coefficient (Wildman–Crippen LogP) is 4.01. The zero-order valence-electron chi connectivity index (χ0n) is 12.1. The van der Waals surface area contributed by atoms with Gasteiger partial charge in [-0.15, -0.1) is 5.10 Å². The Labute approximate surface area is 131 Å². The molecule has 1 aliphatic heterocycles. The molecule has 2 aromatic rings. The molecule has 1 heterocycles. The summed E-state index contributed by atoms with van der Waals surface area (Å²) in [5, 5.41) is 4.22. The third kappa shape index (κ3) is 3.60. The Balaban J connectivity index is 1.65. The van der Waals surface area contributed by atoms with Crippen LogP contribution in [0.15, 0.2) is 53.6 Å². The lowest BCUT2D eigenvalue weighted by Gasteiger charge is -2.04. The Bertz CT molecular complexity index is 744. The fourth-order valence-corrected chi connectivity index (χ4v) is 2.11. The van der Waals surface area contributed by atoms with Crippen LogP contribution in [0.4, 0.5) is 18.9 Å². The van der Waals surface area contributed by atoms with Crippen molar-refractivity contribution in [3.63, 3.8) is 0 Å². The summed E-state index contributed by atoms with van der Waals surface area (Å²) in [6.07, 6.45) is -0.562. The van der Waals surface area contributed by atoms with E-state index in [9.17, 15) is 13.2 Å². The van der Waals surface area contributed by atoms with Crippen LogP contribution in [-0.2, 0) is 6.54 Å². The number of alkyl halides is 3. The average molecular weight is 317 g/mol. The normalized spacial score (nSPS) is 14.3. The van der Waals surface area contributed by atoms with Gasteiger partial charge in [-0.3, -0.25) is 0 Å². The number of nitrogens with zero attached hydrogens (tertiary/aromatic N) is 2. The van der Waals surface area contributed by atoms with Gasteiger partial charge in [-0.25, -0.2) is 5.01 Å². The monoisotopic (exact) mass is 317 g/mol. The number of rotatable bonds is 4. The first-order valence-electron chi connectivity index (χ1n) is 7.00. The van der Waals surface area contributed by atoms with Crippen molar-refractivity contribution in [1.29, 1.82) is 0 Å². The molecule has 2 N–H and O–H groups in total. The lowest BCUT2D eigenvalue weighted by Crippen LogP contribution is -2.21. The number of hydrogen-bond acceptors (Lipinski definition) is 3. The number of hydrogen-bond donors (Lipinski definition) is 1. The third-order valence-electron chi connectivity index (χ3n) is 3.43. The summed E-state index contributed by atoms with van der Waals surface area (Å²) in [6.45, 7) is 0.504. The number of hydrazone groups is 1. The van der Waals surface area contributed by atoms with Crippen LogP contribution in [0.2, 0.25) is 0 Å². The van der Waals surface area contributed by atoms with E-state index in [4.69, 9.17) is 5.73 Å². The van der Waals surface area contributed by atoms with Crippen LogP contribution in [0.5, 0.6) is 0 Å². The molecule has 0 atom stereocenters. The van der Waals surface area contributed by atoms with E-state index in [1.165, 1.54) is 0 Å². The minimum atomic E-state index is -4.39. The third-order valence-corrected chi connectivity index (χ3v) is 3.43. The largest absolute Gasteiger partial charge is 0.453 e. The molecule has 0 radical (unpaired) electrons. The highest BCUT2D eigenvalue weighted by Crippen LogP contribution is 2.33. The molecule has 2 aromatic carbocycles. The van der Waals surface area contributed by atoms with Gasteiger partial charge in [0.2, 0.25) is 0 Å². The molecule has 0 aliphatic carbocycles. The number of amidine groups is 1. The molecule has 0 aromatic heterocycles. The van der Waals surface area contributed by atoms with E-state index in [1.807, 2.05) is 36.4 Å². The lowest BCUT2D eigenvalue weighted by molar-refractivity contribution is -0.0563. The molecule has 0 amide bonds. The Hall–Kier alpha value is -2.60. The van der Waals surface area contributed by atoms with E-state index in [0.717, 1.165) is 21.7 Å². The molecule has 1 aliphatic rings. The van der Waals surface area contributed by atoms with E-state index < -0.39 is 12.0 Å². The molecule has 23 heavy (non-hydrogen) atoms. The van der Waals surface area contributed by atoms with Crippen LogP contribution < -0.4 is 10.7 Å². The smallest absolute Gasteiger partial charge is 0.326 e. The second-order valence-electron chi connectivity index (χ2n) is 5.10. The van der Waals surface area contributed by atoms with Crippen molar-refractivity contribution in [2.24, 2.45) is 10.8 Å². The Morgan fingerprint density at radius 3 is 1.87 bits per heavy atom. The molecule has 0 saturated carbocycles. The van der Waals surface area contributed by atoms with Crippen molar-refractivity contribution in [3.05, 3.63) is 65.2 Å². The Morgan fingerprint density at radius 2 is 1.43 bits per heavy atom. The van der Waals surface area contributed by atoms with E-state index in [0.29, 0.717) is 12.2 Å². The SMILES string of the molecule is NCc1ccc(C=Cc2ccc(N3N=C3C(F)(F)F)cc2)cc1. The Morgan fingerprint density at radius 1 is 0.913 bits per heavy atom. The first-order chi connectivity index (χ1) is 11.0. The maximum Gasteiger partial charge on any atom is 0.453 e. The minimum absolute atomic E-state index is 0.404. The summed E-state index contributed by atoms with van der Waals surface area (Å²) in [4.78, 5) is 0. The van der Waals surface area contributed by atoms with Gasteiger partial charge in [-0.1, -0.05) is 48.6 Å². The molecule has 6 heteroatoms. The molecule has 0 spiro atoms. The number of nitrogens with two attached hydrogens (primary N) is 1. The van der Waals surface area contributed by atoms with Crippen molar-refractivity contribution in [1.82, 2.24) is 0 Å². The predicted molar refractivity (Wildman–Crippen MR) is 85.7 cm³/mol. The van der Waals surface area contributed by atoms with Gasteiger partial charge in [0.1, 0.15) is 0 Å². The highest BCUT2D eigenvalue weighted by atomic mass is 19.4. The van der Waals surface area contributed by atoms with E-state index >= 15 is 0 Å². The highest BCUT2D eigenvalue weighted by Gasteiger charge is 2.49. The number of benzene rings is 2. The molecule has 3 nitrogen and oxygen atoms in total.